The fraction of sp³-hybridized carbons (Fsp3) is 0.615. The van der Waals surface area contributed by atoms with Crippen molar-refractivity contribution in [2.75, 3.05) is 39.3 Å². The van der Waals surface area contributed by atoms with Crippen LogP contribution in [0, 0.1) is 0 Å². The lowest BCUT2D eigenvalue weighted by Crippen LogP contribution is -2.49. The van der Waals surface area contributed by atoms with Crippen molar-refractivity contribution in [2.24, 2.45) is 0 Å². The van der Waals surface area contributed by atoms with Crippen LogP contribution in [0.4, 0.5) is 0 Å². The Morgan fingerprint density at radius 3 is 2.72 bits per heavy atom. The lowest BCUT2D eigenvalue weighted by Gasteiger charge is -2.34. The van der Waals surface area contributed by atoms with Crippen molar-refractivity contribution in [3.05, 3.63) is 22.4 Å². The third-order valence-corrected chi connectivity index (χ3v) is 4.14. The van der Waals surface area contributed by atoms with Crippen molar-refractivity contribution in [2.45, 2.75) is 12.8 Å². The minimum absolute atomic E-state index is 0.235. The third kappa shape index (κ3) is 3.80. The molecule has 1 fully saturated rings. The monoisotopic (exact) mass is 268 g/mol. The molecule has 1 N–H and O–H groups in total. The Morgan fingerprint density at radius 2 is 2.11 bits per heavy atom. The molecule has 1 aromatic heterocycles. The van der Waals surface area contributed by atoms with E-state index >= 15 is 0 Å². The SMILES string of the molecule is O=C(Cc1cccs1)N1CCN(CCCO)CC1. The van der Waals surface area contributed by atoms with E-state index in [0.29, 0.717) is 6.42 Å². The number of thiophene rings is 1. The molecule has 4 nitrogen and oxygen atoms in total. The van der Waals surface area contributed by atoms with E-state index in [9.17, 15) is 4.79 Å². The average molecular weight is 268 g/mol. The van der Waals surface area contributed by atoms with E-state index in [1.807, 2.05) is 22.4 Å². The van der Waals surface area contributed by atoms with E-state index < -0.39 is 0 Å². The summed E-state index contributed by atoms with van der Waals surface area (Å²) in [5.74, 6) is 0.235. The van der Waals surface area contributed by atoms with E-state index in [1.165, 1.54) is 0 Å². The summed E-state index contributed by atoms with van der Waals surface area (Å²) in [5.41, 5.74) is 0. The number of carbonyl (C=O) groups excluding carboxylic acids is 1. The highest BCUT2D eigenvalue weighted by molar-refractivity contribution is 7.10. The zero-order chi connectivity index (χ0) is 12.8. The number of hydrogen-bond acceptors (Lipinski definition) is 4. The summed E-state index contributed by atoms with van der Waals surface area (Å²) < 4.78 is 0. The number of piperazine rings is 1. The van der Waals surface area contributed by atoms with Gasteiger partial charge >= 0.3 is 0 Å². The number of aliphatic hydroxyl groups excluding tert-OH is 1. The Morgan fingerprint density at radius 1 is 1.33 bits per heavy atom. The molecular weight excluding hydrogens is 248 g/mol. The molecule has 0 unspecified atom stereocenters. The van der Waals surface area contributed by atoms with Gasteiger partial charge in [0.1, 0.15) is 0 Å². The first-order chi connectivity index (χ1) is 8.79. The third-order valence-electron chi connectivity index (χ3n) is 3.26. The number of amides is 1. The molecule has 5 heteroatoms. The Hall–Kier alpha value is -0.910. The van der Waals surface area contributed by atoms with E-state index in [1.54, 1.807) is 11.3 Å². The molecule has 1 aromatic rings. The van der Waals surface area contributed by atoms with Gasteiger partial charge in [0.2, 0.25) is 5.91 Å². The van der Waals surface area contributed by atoms with Gasteiger partial charge in [-0.25, -0.2) is 0 Å². The van der Waals surface area contributed by atoms with Gasteiger partial charge in [-0.1, -0.05) is 6.07 Å². The number of hydrogen-bond donors (Lipinski definition) is 1. The highest BCUT2D eigenvalue weighted by Gasteiger charge is 2.20. The van der Waals surface area contributed by atoms with Crippen molar-refractivity contribution in [3.63, 3.8) is 0 Å². The summed E-state index contributed by atoms with van der Waals surface area (Å²) in [6, 6.07) is 4.00. The van der Waals surface area contributed by atoms with Gasteiger partial charge in [0.15, 0.2) is 0 Å². The highest BCUT2D eigenvalue weighted by atomic mass is 32.1. The van der Waals surface area contributed by atoms with Crippen LogP contribution in [0.15, 0.2) is 17.5 Å². The first-order valence-corrected chi connectivity index (χ1v) is 7.31. The van der Waals surface area contributed by atoms with Crippen LogP contribution in [0.25, 0.3) is 0 Å². The Labute approximate surface area is 112 Å². The molecule has 100 valence electrons. The molecule has 1 saturated heterocycles. The van der Waals surface area contributed by atoms with E-state index in [0.717, 1.165) is 44.0 Å². The molecule has 1 aliphatic rings. The van der Waals surface area contributed by atoms with Crippen molar-refractivity contribution in [1.82, 2.24) is 9.80 Å². The molecule has 0 aromatic carbocycles. The van der Waals surface area contributed by atoms with E-state index in [-0.39, 0.29) is 12.5 Å². The van der Waals surface area contributed by atoms with Crippen molar-refractivity contribution >= 4 is 17.2 Å². The van der Waals surface area contributed by atoms with Gasteiger partial charge in [0.25, 0.3) is 0 Å². The highest BCUT2D eigenvalue weighted by Crippen LogP contribution is 2.12. The van der Waals surface area contributed by atoms with Gasteiger partial charge in [0, 0.05) is 44.2 Å². The summed E-state index contributed by atoms with van der Waals surface area (Å²) in [5, 5.41) is 10.8. The fourth-order valence-electron chi connectivity index (χ4n) is 2.19. The maximum Gasteiger partial charge on any atom is 0.227 e. The predicted octanol–water partition coefficient (Wildman–Crippen LogP) is 0.817. The molecule has 0 atom stereocenters. The van der Waals surface area contributed by atoms with Crippen LogP contribution in [-0.2, 0) is 11.2 Å². The van der Waals surface area contributed by atoms with Gasteiger partial charge < -0.3 is 10.0 Å². The minimum Gasteiger partial charge on any atom is -0.396 e. The number of aliphatic hydroxyl groups is 1. The maximum atomic E-state index is 12.1. The number of rotatable bonds is 5. The van der Waals surface area contributed by atoms with Gasteiger partial charge in [-0.2, -0.15) is 0 Å². The first kappa shape index (κ1) is 13.5. The second-order valence-corrected chi connectivity index (χ2v) is 5.59. The van der Waals surface area contributed by atoms with E-state index in [2.05, 4.69) is 4.90 Å². The zero-order valence-corrected chi connectivity index (χ0v) is 11.4. The second-order valence-electron chi connectivity index (χ2n) is 4.56. The molecule has 2 heterocycles. The molecular formula is C13H20N2O2S. The predicted molar refractivity (Wildman–Crippen MR) is 72.7 cm³/mol. The largest absolute Gasteiger partial charge is 0.396 e. The summed E-state index contributed by atoms with van der Waals surface area (Å²) in [4.78, 5) is 17.5. The molecule has 1 amide bonds. The molecule has 0 spiro atoms. The summed E-state index contributed by atoms with van der Waals surface area (Å²) in [6.07, 6.45) is 1.36. The van der Waals surface area contributed by atoms with Gasteiger partial charge in [-0.3, -0.25) is 9.69 Å². The van der Waals surface area contributed by atoms with Crippen LogP contribution in [0.1, 0.15) is 11.3 Å². The second kappa shape index (κ2) is 6.87. The number of carbonyl (C=O) groups is 1. The van der Waals surface area contributed by atoms with Crippen molar-refractivity contribution in [3.8, 4) is 0 Å². The normalized spacial score (nSPS) is 17.1. The van der Waals surface area contributed by atoms with Gasteiger partial charge in [-0.05, 0) is 17.9 Å². The van der Waals surface area contributed by atoms with E-state index in [4.69, 9.17) is 5.11 Å². The summed E-state index contributed by atoms with van der Waals surface area (Å²) >= 11 is 1.64. The van der Waals surface area contributed by atoms with Crippen LogP contribution < -0.4 is 0 Å². The van der Waals surface area contributed by atoms with Crippen molar-refractivity contribution < 1.29 is 9.90 Å². The molecule has 0 saturated carbocycles. The smallest absolute Gasteiger partial charge is 0.227 e. The molecule has 0 radical (unpaired) electrons. The van der Waals surface area contributed by atoms with Crippen LogP contribution in [-0.4, -0.2) is 60.1 Å². The summed E-state index contributed by atoms with van der Waals surface area (Å²) in [7, 11) is 0. The fourth-order valence-corrected chi connectivity index (χ4v) is 2.89. The topological polar surface area (TPSA) is 43.8 Å². The van der Waals surface area contributed by atoms with Crippen LogP contribution in [0.5, 0.6) is 0 Å². The molecule has 0 bridgehead atoms. The van der Waals surface area contributed by atoms with Crippen LogP contribution in [0.3, 0.4) is 0 Å². The van der Waals surface area contributed by atoms with Crippen LogP contribution >= 0.6 is 11.3 Å². The maximum absolute atomic E-state index is 12.1. The number of nitrogens with zero attached hydrogens (tertiary/aromatic N) is 2. The van der Waals surface area contributed by atoms with Crippen molar-refractivity contribution in [1.29, 1.82) is 0 Å². The molecule has 1 aliphatic heterocycles. The van der Waals surface area contributed by atoms with Gasteiger partial charge in [0.05, 0.1) is 6.42 Å². The first-order valence-electron chi connectivity index (χ1n) is 6.43. The lowest BCUT2D eigenvalue weighted by atomic mass is 10.2. The average Bonchev–Trinajstić information content (AvgIpc) is 2.89. The zero-order valence-electron chi connectivity index (χ0n) is 10.5. The standard InChI is InChI=1S/C13H20N2O2S/c16-9-2-4-14-5-7-15(8-6-14)13(17)11-12-3-1-10-18-12/h1,3,10,16H,2,4-9,11H2. The molecule has 2 rings (SSSR count). The quantitative estimate of drug-likeness (QED) is 0.860. The van der Waals surface area contributed by atoms with Gasteiger partial charge in [-0.15, -0.1) is 11.3 Å². The Kier molecular flexibility index (Phi) is 5.16. The summed E-state index contributed by atoms with van der Waals surface area (Å²) in [6.45, 7) is 4.67. The molecule has 0 aliphatic carbocycles. The molecule has 18 heavy (non-hydrogen) atoms. The van der Waals surface area contributed by atoms with Crippen LogP contribution in [0.2, 0.25) is 0 Å². The Bertz CT molecular complexity index is 359. The minimum atomic E-state index is 0.235. The lowest BCUT2D eigenvalue weighted by molar-refractivity contribution is -0.132. The Balaban J connectivity index is 1.73.